The highest BCUT2D eigenvalue weighted by Gasteiger charge is 2.27. The third-order valence-electron chi connectivity index (χ3n) is 3.84. The molecule has 1 aromatic carbocycles. The van der Waals surface area contributed by atoms with Crippen molar-refractivity contribution in [2.24, 2.45) is 0 Å². The van der Waals surface area contributed by atoms with Crippen LogP contribution in [0.25, 0.3) is 6.08 Å². The second-order valence-corrected chi connectivity index (χ2v) is 5.79. The van der Waals surface area contributed by atoms with Crippen molar-refractivity contribution in [2.45, 2.75) is 31.9 Å². The minimum Gasteiger partial charge on any atom is -0.478 e. The number of rotatable bonds is 4. The first-order valence-corrected chi connectivity index (χ1v) is 7.00. The Labute approximate surface area is 123 Å². The molecule has 0 bridgehead atoms. The van der Waals surface area contributed by atoms with E-state index in [-0.39, 0.29) is 5.82 Å². The highest BCUT2D eigenvalue weighted by atomic mass is 19.1. The summed E-state index contributed by atoms with van der Waals surface area (Å²) in [6, 6.07) is 4.41. The Kier molecular flexibility index (Phi) is 4.75. The zero-order chi connectivity index (χ0) is 15.5. The molecule has 1 aliphatic rings. The van der Waals surface area contributed by atoms with Gasteiger partial charge in [0.05, 0.1) is 5.60 Å². The average Bonchev–Trinajstić information content (AvgIpc) is 2.41. The monoisotopic (exact) mass is 293 g/mol. The Bertz CT molecular complexity index is 544. The molecule has 1 saturated heterocycles. The largest absolute Gasteiger partial charge is 0.478 e. The molecule has 0 saturated carbocycles. The standard InChI is InChI=1S/C16H20FNO3/c1-16(21)6-8-18(9-7-16)11-13-2-4-14(17)10-12(13)3-5-15(19)20/h2-5,10,21H,6-9,11H2,1H3,(H,19,20)/b5-3+. The van der Waals surface area contributed by atoms with E-state index in [1.165, 1.54) is 18.2 Å². The minimum absolute atomic E-state index is 0.384. The van der Waals surface area contributed by atoms with Gasteiger partial charge in [-0.2, -0.15) is 0 Å². The van der Waals surface area contributed by atoms with Crippen molar-refractivity contribution in [3.63, 3.8) is 0 Å². The SMILES string of the molecule is CC1(O)CCN(Cc2ccc(F)cc2/C=C/C(=O)O)CC1. The van der Waals surface area contributed by atoms with Crippen molar-refractivity contribution < 1.29 is 19.4 Å². The molecule has 21 heavy (non-hydrogen) atoms. The number of aliphatic carboxylic acids is 1. The highest BCUT2D eigenvalue weighted by molar-refractivity contribution is 5.85. The van der Waals surface area contributed by atoms with Crippen LogP contribution in [0.15, 0.2) is 24.3 Å². The van der Waals surface area contributed by atoms with Gasteiger partial charge in [0.2, 0.25) is 0 Å². The fraction of sp³-hybridized carbons (Fsp3) is 0.438. The highest BCUT2D eigenvalue weighted by Crippen LogP contribution is 2.23. The normalized spacial score (nSPS) is 19.0. The number of hydrogen-bond acceptors (Lipinski definition) is 3. The molecule has 1 heterocycles. The smallest absolute Gasteiger partial charge is 0.328 e. The lowest BCUT2D eigenvalue weighted by molar-refractivity contribution is -0.131. The van der Waals surface area contributed by atoms with Gasteiger partial charge in [-0.25, -0.2) is 9.18 Å². The predicted molar refractivity (Wildman–Crippen MR) is 78.2 cm³/mol. The number of carbonyl (C=O) groups is 1. The van der Waals surface area contributed by atoms with Gasteiger partial charge >= 0.3 is 5.97 Å². The number of carboxylic acid groups (broad SMARTS) is 1. The summed E-state index contributed by atoms with van der Waals surface area (Å²) in [6.07, 6.45) is 3.84. The number of nitrogens with zero attached hydrogens (tertiary/aromatic N) is 1. The predicted octanol–water partition coefficient (Wildman–Crippen LogP) is 2.27. The molecule has 5 heteroatoms. The Morgan fingerprint density at radius 3 is 2.71 bits per heavy atom. The molecule has 1 fully saturated rings. The van der Waals surface area contributed by atoms with Gasteiger partial charge in [0.15, 0.2) is 0 Å². The maximum Gasteiger partial charge on any atom is 0.328 e. The van der Waals surface area contributed by atoms with Gasteiger partial charge in [-0.3, -0.25) is 4.90 Å². The number of carboxylic acids is 1. The second-order valence-electron chi connectivity index (χ2n) is 5.79. The van der Waals surface area contributed by atoms with Crippen molar-refractivity contribution in [3.05, 3.63) is 41.2 Å². The molecule has 1 aliphatic heterocycles. The van der Waals surface area contributed by atoms with E-state index >= 15 is 0 Å². The van der Waals surface area contributed by atoms with Crippen LogP contribution in [-0.2, 0) is 11.3 Å². The first kappa shape index (κ1) is 15.7. The average molecular weight is 293 g/mol. The third kappa shape index (κ3) is 4.65. The lowest BCUT2D eigenvalue weighted by Crippen LogP contribution is -2.42. The zero-order valence-electron chi connectivity index (χ0n) is 12.1. The number of piperidine rings is 1. The molecule has 0 aromatic heterocycles. The summed E-state index contributed by atoms with van der Waals surface area (Å²) < 4.78 is 13.3. The number of aliphatic hydroxyl groups is 1. The summed E-state index contributed by atoms with van der Waals surface area (Å²) >= 11 is 0. The molecule has 2 N–H and O–H groups in total. The topological polar surface area (TPSA) is 60.8 Å². The van der Waals surface area contributed by atoms with Gasteiger partial charge in [0, 0.05) is 25.7 Å². The number of halogens is 1. The van der Waals surface area contributed by atoms with Crippen LogP contribution in [0.3, 0.4) is 0 Å². The lowest BCUT2D eigenvalue weighted by Gasteiger charge is -2.36. The van der Waals surface area contributed by atoms with Crippen molar-refractivity contribution in [2.75, 3.05) is 13.1 Å². The van der Waals surface area contributed by atoms with Gasteiger partial charge in [-0.1, -0.05) is 6.07 Å². The zero-order valence-corrected chi connectivity index (χ0v) is 12.1. The Hall–Kier alpha value is -1.72. The molecule has 0 unspecified atom stereocenters. The molecular weight excluding hydrogens is 273 g/mol. The first-order valence-electron chi connectivity index (χ1n) is 7.00. The van der Waals surface area contributed by atoms with Crippen LogP contribution < -0.4 is 0 Å². The van der Waals surface area contributed by atoms with E-state index in [4.69, 9.17) is 5.11 Å². The first-order chi connectivity index (χ1) is 9.85. The molecule has 114 valence electrons. The minimum atomic E-state index is -1.06. The fourth-order valence-corrected chi connectivity index (χ4v) is 2.46. The van der Waals surface area contributed by atoms with Crippen LogP contribution in [0.5, 0.6) is 0 Å². The van der Waals surface area contributed by atoms with Gasteiger partial charge in [0.1, 0.15) is 5.82 Å². The summed E-state index contributed by atoms with van der Waals surface area (Å²) in [7, 11) is 0. The lowest BCUT2D eigenvalue weighted by atomic mass is 9.93. The summed E-state index contributed by atoms with van der Waals surface area (Å²) in [4.78, 5) is 12.8. The van der Waals surface area contributed by atoms with Crippen LogP contribution in [-0.4, -0.2) is 39.8 Å². The maximum absolute atomic E-state index is 13.3. The molecule has 0 radical (unpaired) electrons. The van der Waals surface area contributed by atoms with E-state index in [1.54, 1.807) is 6.07 Å². The van der Waals surface area contributed by atoms with E-state index in [2.05, 4.69) is 4.90 Å². The van der Waals surface area contributed by atoms with Crippen molar-refractivity contribution in [3.8, 4) is 0 Å². The summed E-state index contributed by atoms with van der Waals surface area (Å²) in [5, 5.41) is 18.6. The Morgan fingerprint density at radius 2 is 2.10 bits per heavy atom. The van der Waals surface area contributed by atoms with E-state index in [0.717, 1.165) is 24.7 Å². The van der Waals surface area contributed by atoms with Crippen molar-refractivity contribution in [1.82, 2.24) is 4.90 Å². The van der Waals surface area contributed by atoms with Crippen LogP contribution >= 0.6 is 0 Å². The number of hydrogen-bond donors (Lipinski definition) is 2. The van der Waals surface area contributed by atoms with Crippen LogP contribution in [0, 0.1) is 5.82 Å². The van der Waals surface area contributed by atoms with Crippen LogP contribution in [0.1, 0.15) is 30.9 Å². The van der Waals surface area contributed by atoms with Gasteiger partial charge < -0.3 is 10.2 Å². The van der Waals surface area contributed by atoms with Crippen LogP contribution in [0.2, 0.25) is 0 Å². The fourth-order valence-electron chi connectivity index (χ4n) is 2.46. The molecule has 0 atom stereocenters. The quantitative estimate of drug-likeness (QED) is 0.836. The Morgan fingerprint density at radius 1 is 1.43 bits per heavy atom. The van der Waals surface area contributed by atoms with Gasteiger partial charge in [-0.15, -0.1) is 0 Å². The molecule has 1 aromatic rings. The van der Waals surface area contributed by atoms with E-state index in [1.807, 2.05) is 6.92 Å². The number of likely N-dealkylation sites (tertiary alicyclic amines) is 1. The summed E-state index contributed by atoms with van der Waals surface area (Å²) in [6.45, 7) is 4.00. The van der Waals surface area contributed by atoms with E-state index in [9.17, 15) is 14.3 Å². The number of benzene rings is 1. The summed E-state index contributed by atoms with van der Waals surface area (Å²) in [5.74, 6) is -1.44. The van der Waals surface area contributed by atoms with E-state index in [0.29, 0.717) is 24.9 Å². The van der Waals surface area contributed by atoms with Crippen molar-refractivity contribution >= 4 is 12.0 Å². The Balaban J connectivity index is 2.11. The molecular formula is C16H20FNO3. The van der Waals surface area contributed by atoms with E-state index < -0.39 is 11.6 Å². The second kappa shape index (κ2) is 6.37. The molecule has 0 amide bonds. The molecule has 0 aliphatic carbocycles. The van der Waals surface area contributed by atoms with Gasteiger partial charge in [-0.05, 0) is 49.1 Å². The third-order valence-corrected chi connectivity index (χ3v) is 3.84. The molecule has 0 spiro atoms. The van der Waals surface area contributed by atoms with Gasteiger partial charge in [0.25, 0.3) is 0 Å². The summed E-state index contributed by atoms with van der Waals surface area (Å²) in [5.41, 5.74) is 0.857. The molecule has 4 nitrogen and oxygen atoms in total. The van der Waals surface area contributed by atoms with Crippen molar-refractivity contribution in [1.29, 1.82) is 0 Å². The van der Waals surface area contributed by atoms with Crippen LogP contribution in [0.4, 0.5) is 4.39 Å². The maximum atomic E-state index is 13.3. The molecule has 2 rings (SSSR count).